The maximum Gasteiger partial charge on any atom is 0.224 e. The zero-order valence-electron chi connectivity index (χ0n) is 11.4. The monoisotopic (exact) mass is 252 g/mol. The first-order valence-corrected chi connectivity index (χ1v) is 6.78. The van der Waals surface area contributed by atoms with Gasteiger partial charge in [0.2, 0.25) is 5.91 Å². The van der Waals surface area contributed by atoms with Crippen LogP contribution in [-0.2, 0) is 4.79 Å². The summed E-state index contributed by atoms with van der Waals surface area (Å²) in [6, 6.07) is 2.16. The second-order valence-corrected chi connectivity index (χ2v) is 4.85. The van der Waals surface area contributed by atoms with E-state index in [1.165, 1.54) is 0 Å². The van der Waals surface area contributed by atoms with Gasteiger partial charge in [-0.25, -0.2) is 0 Å². The van der Waals surface area contributed by atoms with Gasteiger partial charge >= 0.3 is 0 Å². The Labute approximate surface area is 110 Å². The van der Waals surface area contributed by atoms with Crippen molar-refractivity contribution in [2.45, 2.75) is 32.2 Å². The highest BCUT2D eigenvalue weighted by Gasteiger charge is 2.26. The molecule has 102 valence electrons. The Kier molecular flexibility index (Phi) is 6.69. The van der Waals surface area contributed by atoms with Gasteiger partial charge in [-0.3, -0.25) is 9.69 Å². The summed E-state index contributed by atoms with van der Waals surface area (Å²) < 4.78 is 0. The summed E-state index contributed by atoms with van der Waals surface area (Å²) in [6.45, 7) is 5.42. The van der Waals surface area contributed by atoms with Crippen LogP contribution in [0.2, 0.25) is 0 Å². The van der Waals surface area contributed by atoms with Crippen LogP contribution in [0, 0.1) is 17.2 Å². The molecule has 1 aliphatic rings. The molecule has 18 heavy (non-hydrogen) atoms. The van der Waals surface area contributed by atoms with E-state index in [2.05, 4.69) is 28.5 Å². The minimum Gasteiger partial charge on any atom is -0.359 e. The van der Waals surface area contributed by atoms with Crippen molar-refractivity contribution in [3.63, 3.8) is 0 Å². The van der Waals surface area contributed by atoms with Crippen molar-refractivity contribution in [2.24, 2.45) is 5.92 Å². The van der Waals surface area contributed by atoms with Crippen LogP contribution in [0.5, 0.6) is 0 Å². The lowest BCUT2D eigenvalue weighted by molar-refractivity contribution is -0.126. The number of rotatable bonds is 6. The number of nitrogens with zero attached hydrogens (tertiary/aromatic N) is 2. The Hall–Kier alpha value is -1.12. The van der Waals surface area contributed by atoms with Crippen molar-refractivity contribution < 1.29 is 4.79 Å². The summed E-state index contributed by atoms with van der Waals surface area (Å²) in [4.78, 5) is 13.8. The molecule has 2 unspecified atom stereocenters. The second kappa shape index (κ2) is 8.06. The van der Waals surface area contributed by atoms with Crippen molar-refractivity contribution in [3.8, 4) is 6.07 Å². The van der Waals surface area contributed by atoms with Gasteiger partial charge in [-0.2, -0.15) is 5.26 Å². The highest BCUT2D eigenvalue weighted by molar-refractivity contribution is 5.78. The molecule has 0 aliphatic carbocycles. The predicted octanol–water partition coefficient (Wildman–Crippen LogP) is 0.336. The Morgan fingerprint density at radius 3 is 3.00 bits per heavy atom. The average Bonchev–Trinajstić information content (AvgIpc) is 2.42. The summed E-state index contributed by atoms with van der Waals surface area (Å²) in [5.74, 6) is 0.198. The molecule has 1 fully saturated rings. The molecule has 5 heteroatoms. The quantitative estimate of drug-likeness (QED) is 0.715. The van der Waals surface area contributed by atoms with Crippen molar-refractivity contribution >= 4 is 5.91 Å². The van der Waals surface area contributed by atoms with E-state index in [-0.39, 0.29) is 17.9 Å². The minimum atomic E-state index is -0.131. The molecule has 0 spiro atoms. The van der Waals surface area contributed by atoms with E-state index in [1.54, 1.807) is 7.05 Å². The van der Waals surface area contributed by atoms with Gasteiger partial charge < -0.3 is 10.6 Å². The number of nitrogens with one attached hydrogen (secondary N) is 2. The number of hydrogen-bond donors (Lipinski definition) is 2. The van der Waals surface area contributed by atoms with Crippen LogP contribution in [0.15, 0.2) is 0 Å². The van der Waals surface area contributed by atoms with Gasteiger partial charge in [0.25, 0.3) is 0 Å². The fourth-order valence-electron chi connectivity index (χ4n) is 2.37. The zero-order chi connectivity index (χ0) is 13.4. The van der Waals surface area contributed by atoms with E-state index in [1.807, 2.05) is 0 Å². The normalized spacial score (nSPS) is 22.2. The Morgan fingerprint density at radius 2 is 2.39 bits per heavy atom. The van der Waals surface area contributed by atoms with E-state index in [9.17, 15) is 4.79 Å². The first-order valence-electron chi connectivity index (χ1n) is 6.78. The number of carbonyl (C=O) groups excluding carboxylic acids is 1. The van der Waals surface area contributed by atoms with Crippen LogP contribution < -0.4 is 10.6 Å². The third kappa shape index (κ3) is 4.63. The van der Waals surface area contributed by atoms with Gasteiger partial charge in [-0.1, -0.05) is 6.92 Å². The first kappa shape index (κ1) is 14.9. The van der Waals surface area contributed by atoms with Crippen molar-refractivity contribution in [2.75, 3.05) is 33.2 Å². The van der Waals surface area contributed by atoms with Crippen molar-refractivity contribution in [1.82, 2.24) is 15.5 Å². The molecule has 5 nitrogen and oxygen atoms in total. The molecular weight excluding hydrogens is 228 g/mol. The van der Waals surface area contributed by atoms with E-state index < -0.39 is 0 Å². The summed E-state index contributed by atoms with van der Waals surface area (Å²) >= 11 is 0. The molecule has 0 aromatic heterocycles. The number of nitriles is 1. The van der Waals surface area contributed by atoms with Crippen LogP contribution in [0.3, 0.4) is 0 Å². The molecule has 0 saturated carbocycles. The molecule has 1 amide bonds. The fourth-order valence-corrected chi connectivity index (χ4v) is 2.37. The van der Waals surface area contributed by atoms with E-state index in [4.69, 9.17) is 5.26 Å². The predicted molar refractivity (Wildman–Crippen MR) is 70.9 cm³/mol. The van der Waals surface area contributed by atoms with E-state index in [0.717, 1.165) is 38.9 Å². The molecular formula is C13H24N4O. The molecule has 2 atom stereocenters. The topological polar surface area (TPSA) is 68.2 Å². The van der Waals surface area contributed by atoms with Crippen molar-refractivity contribution in [3.05, 3.63) is 0 Å². The molecule has 0 aromatic rings. The van der Waals surface area contributed by atoms with Crippen LogP contribution >= 0.6 is 0 Å². The van der Waals surface area contributed by atoms with Crippen LogP contribution in [0.25, 0.3) is 0 Å². The summed E-state index contributed by atoms with van der Waals surface area (Å²) in [6.07, 6.45) is 3.01. The summed E-state index contributed by atoms with van der Waals surface area (Å²) in [7, 11) is 1.68. The van der Waals surface area contributed by atoms with E-state index in [0.29, 0.717) is 6.54 Å². The van der Waals surface area contributed by atoms with Gasteiger partial charge in [0, 0.05) is 20.1 Å². The molecule has 0 aromatic carbocycles. The van der Waals surface area contributed by atoms with Gasteiger partial charge in [-0.05, 0) is 32.4 Å². The van der Waals surface area contributed by atoms with E-state index >= 15 is 0 Å². The Bertz CT molecular complexity index is 300. The molecule has 1 rings (SSSR count). The number of likely N-dealkylation sites (tertiary alicyclic amines) is 1. The number of hydrogen-bond acceptors (Lipinski definition) is 4. The Balaban J connectivity index is 2.41. The SMILES string of the molecule is CCCNC(C#N)CN1CCCC(C(=O)NC)C1. The number of piperidine rings is 1. The largest absolute Gasteiger partial charge is 0.359 e. The maximum atomic E-state index is 11.6. The Morgan fingerprint density at radius 1 is 1.61 bits per heavy atom. The standard InChI is InChI=1S/C13H24N4O/c1-3-6-16-12(8-14)10-17-7-4-5-11(9-17)13(18)15-2/h11-12,16H,3-7,9-10H2,1-2H3,(H,15,18). The van der Waals surface area contributed by atoms with Gasteiger partial charge in [0.1, 0.15) is 6.04 Å². The van der Waals surface area contributed by atoms with Gasteiger partial charge in [0.05, 0.1) is 12.0 Å². The highest BCUT2D eigenvalue weighted by atomic mass is 16.1. The van der Waals surface area contributed by atoms with Crippen molar-refractivity contribution in [1.29, 1.82) is 5.26 Å². The lowest BCUT2D eigenvalue weighted by Crippen LogP contribution is -2.47. The highest BCUT2D eigenvalue weighted by Crippen LogP contribution is 2.16. The average molecular weight is 252 g/mol. The lowest BCUT2D eigenvalue weighted by Gasteiger charge is -2.32. The first-order chi connectivity index (χ1) is 8.71. The molecule has 2 N–H and O–H groups in total. The zero-order valence-corrected chi connectivity index (χ0v) is 11.4. The molecule has 0 radical (unpaired) electrons. The van der Waals surface area contributed by atoms with Crippen LogP contribution in [0.1, 0.15) is 26.2 Å². The molecule has 1 saturated heterocycles. The minimum absolute atomic E-state index is 0.0780. The fraction of sp³-hybridized carbons (Fsp3) is 0.846. The number of amides is 1. The maximum absolute atomic E-state index is 11.6. The number of carbonyl (C=O) groups is 1. The smallest absolute Gasteiger partial charge is 0.224 e. The molecule has 0 bridgehead atoms. The third-order valence-electron chi connectivity index (χ3n) is 3.36. The molecule has 1 aliphatic heterocycles. The van der Waals surface area contributed by atoms with Crippen LogP contribution in [-0.4, -0.2) is 50.1 Å². The molecule has 1 heterocycles. The second-order valence-electron chi connectivity index (χ2n) is 4.85. The summed E-state index contributed by atoms with van der Waals surface area (Å²) in [5.41, 5.74) is 0. The van der Waals surface area contributed by atoms with Gasteiger partial charge in [0.15, 0.2) is 0 Å². The lowest BCUT2D eigenvalue weighted by atomic mass is 9.97. The van der Waals surface area contributed by atoms with Gasteiger partial charge in [-0.15, -0.1) is 0 Å². The third-order valence-corrected chi connectivity index (χ3v) is 3.36. The summed E-state index contributed by atoms with van der Waals surface area (Å²) in [5, 5.41) is 15.0. The van der Waals surface area contributed by atoms with Crippen LogP contribution in [0.4, 0.5) is 0 Å².